The molecule has 1 aliphatic heterocycles. The minimum absolute atomic E-state index is 0.319. The molecule has 0 aliphatic carbocycles. The van der Waals surface area contributed by atoms with E-state index in [1.165, 1.54) is 12.8 Å². The van der Waals surface area contributed by atoms with E-state index in [0.717, 1.165) is 19.5 Å². The van der Waals surface area contributed by atoms with Gasteiger partial charge in [0.2, 0.25) is 0 Å². The molecule has 0 radical (unpaired) electrons. The van der Waals surface area contributed by atoms with Crippen LogP contribution >= 0.6 is 0 Å². The van der Waals surface area contributed by atoms with Gasteiger partial charge in [-0.2, -0.15) is 0 Å². The van der Waals surface area contributed by atoms with Crippen molar-refractivity contribution in [2.24, 2.45) is 5.73 Å². The minimum Gasteiger partial charge on any atom is -0.372 e. The monoisotopic (exact) mass is 186 g/mol. The number of nitrogens with zero attached hydrogens (tertiary/aromatic N) is 1. The average molecular weight is 186 g/mol. The zero-order valence-corrected chi connectivity index (χ0v) is 8.83. The summed E-state index contributed by atoms with van der Waals surface area (Å²) in [5, 5.41) is 0. The number of ether oxygens (including phenoxy) is 1. The molecule has 1 heterocycles. The maximum absolute atomic E-state index is 5.76. The first-order valence-corrected chi connectivity index (χ1v) is 5.30. The van der Waals surface area contributed by atoms with Gasteiger partial charge in [-0.05, 0) is 32.9 Å². The molecule has 3 heteroatoms. The molecule has 2 atom stereocenters. The fourth-order valence-electron chi connectivity index (χ4n) is 1.91. The summed E-state index contributed by atoms with van der Waals surface area (Å²) in [7, 11) is 2.16. The Morgan fingerprint density at radius 2 is 2.08 bits per heavy atom. The van der Waals surface area contributed by atoms with Crippen LogP contribution in [0.4, 0.5) is 0 Å². The van der Waals surface area contributed by atoms with Crippen LogP contribution in [0.25, 0.3) is 0 Å². The Bertz CT molecular complexity index is 141. The van der Waals surface area contributed by atoms with Gasteiger partial charge in [0.1, 0.15) is 0 Å². The fraction of sp³-hybridized carbons (Fsp3) is 1.00. The van der Waals surface area contributed by atoms with Crippen molar-refractivity contribution in [2.75, 3.05) is 26.7 Å². The highest BCUT2D eigenvalue weighted by Gasteiger charge is 2.24. The second-order valence-electron chi connectivity index (χ2n) is 3.96. The quantitative estimate of drug-likeness (QED) is 0.691. The summed E-state index contributed by atoms with van der Waals surface area (Å²) in [5.74, 6) is 0. The highest BCUT2D eigenvalue weighted by atomic mass is 16.5. The Hall–Kier alpha value is -0.120. The van der Waals surface area contributed by atoms with E-state index < -0.39 is 0 Å². The van der Waals surface area contributed by atoms with E-state index in [-0.39, 0.29) is 0 Å². The molecule has 3 nitrogen and oxygen atoms in total. The molecule has 1 saturated heterocycles. The Morgan fingerprint density at radius 1 is 1.38 bits per heavy atom. The summed E-state index contributed by atoms with van der Waals surface area (Å²) >= 11 is 0. The molecule has 0 amide bonds. The van der Waals surface area contributed by atoms with Gasteiger partial charge in [-0.3, -0.25) is 0 Å². The summed E-state index contributed by atoms with van der Waals surface area (Å²) in [5.41, 5.74) is 5.55. The number of hydrogen-bond acceptors (Lipinski definition) is 3. The van der Waals surface area contributed by atoms with Crippen LogP contribution in [0.1, 0.15) is 26.2 Å². The largest absolute Gasteiger partial charge is 0.372 e. The topological polar surface area (TPSA) is 38.5 Å². The second-order valence-corrected chi connectivity index (χ2v) is 3.96. The van der Waals surface area contributed by atoms with Gasteiger partial charge in [0.15, 0.2) is 0 Å². The summed E-state index contributed by atoms with van der Waals surface area (Å²) in [6.07, 6.45) is 4.27. The van der Waals surface area contributed by atoms with Gasteiger partial charge in [0.25, 0.3) is 0 Å². The smallest absolute Gasteiger partial charge is 0.0707 e. The zero-order chi connectivity index (χ0) is 9.68. The SMILES string of the molecule is CCCN(C)CC1CCC(CN)O1. The van der Waals surface area contributed by atoms with Crippen molar-refractivity contribution in [1.29, 1.82) is 0 Å². The van der Waals surface area contributed by atoms with Crippen LogP contribution in [0.15, 0.2) is 0 Å². The summed E-state index contributed by atoms with van der Waals surface area (Å²) in [6.45, 7) is 5.10. The third kappa shape index (κ3) is 3.63. The predicted molar refractivity (Wildman–Crippen MR) is 54.7 cm³/mol. The summed E-state index contributed by atoms with van der Waals surface area (Å²) < 4.78 is 5.76. The van der Waals surface area contributed by atoms with E-state index in [4.69, 9.17) is 10.5 Å². The number of nitrogens with two attached hydrogens (primary N) is 1. The van der Waals surface area contributed by atoms with Crippen LogP contribution < -0.4 is 5.73 Å². The molecule has 0 aromatic rings. The molecule has 0 aromatic carbocycles. The van der Waals surface area contributed by atoms with E-state index in [9.17, 15) is 0 Å². The Kier molecular flexibility index (Phi) is 4.70. The Balaban J connectivity index is 2.16. The molecule has 13 heavy (non-hydrogen) atoms. The van der Waals surface area contributed by atoms with Crippen molar-refractivity contribution in [3.05, 3.63) is 0 Å². The van der Waals surface area contributed by atoms with E-state index >= 15 is 0 Å². The van der Waals surface area contributed by atoms with Crippen molar-refractivity contribution in [2.45, 2.75) is 38.4 Å². The molecule has 1 rings (SSSR count). The molecule has 0 aromatic heterocycles. The van der Waals surface area contributed by atoms with Crippen molar-refractivity contribution in [3.63, 3.8) is 0 Å². The highest BCUT2D eigenvalue weighted by Crippen LogP contribution is 2.19. The van der Waals surface area contributed by atoms with Crippen LogP contribution in [-0.2, 0) is 4.74 Å². The average Bonchev–Trinajstić information content (AvgIpc) is 2.52. The molecular weight excluding hydrogens is 164 g/mol. The number of likely N-dealkylation sites (N-methyl/N-ethyl adjacent to an activating group) is 1. The van der Waals surface area contributed by atoms with Crippen LogP contribution in [0, 0.1) is 0 Å². The molecule has 0 spiro atoms. The molecular formula is C10H22N2O. The van der Waals surface area contributed by atoms with Gasteiger partial charge in [0, 0.05) is 13.1 Å². The van der Waals surface area contributed by atoms with Crippen LogP contribution in [0.5, 0.6) is 0 Å². The summed E-state index contributed by atoms with van der Waals surface area (Å²) in [6, 6.07) is 0. The molecule has 0 saturated carbocycles. The third-order valence-electron chi connectivity index (χ3n) is 2.58. The van der Waals surface area contributed by atoms with Gasteiger partial charge in [-0.25, -0.2) is 0 Å². The molecule has 2 unspecified atom stereocenters. The molecule has 1 fully saturated rings. The normalized spacial score (nSPS) is 28.6. The first kappa shape index (κ1) is 11.0. The van der Waals surface area contributed by atoms with Gasteiger partial charge in [0.05, 0.1) is 12.2 Å². The van der Waals surface area contributed by atoms with Gasteiger partial charge in [-0.1, -0.05) is 6.92 Å². The van der Waals surface area contributed by atoms with E-state index in [2.05, 4.69) is 18.9 Å². The highest BCUT2D eigenvalue weighted by molar-refractivity contribution is 4.76. The van der Waals surface area contributed by atoms with Crippen molar-refractivity contribution in [3.8, 4) is 0 Å². The minimum atomic E-state index is 0.319. The number of rotatable bonds is 5. The predicted octanol–water partition coefficient (Wildman–Crippen LogP) is 0.835. The van der Waals surface area contributed by atoms with Crippen LogP contribution in [0.3, 0.4) is 0 Å². The second kappa shape index (κ2) is 5.58. The van der Waals surface area contributed by atoms with E-state index in [1.54, 1.807) is 0 Å². The van der Waals surface area contributed by atoms with Crippen molar-refractivity contribution in [1.82, 2.24) is 4.90 Å². The van der Waals surface area contributed by atoms with E-state index in [1.807, 2.05) is 0 Å². The lowest BCUT2D eigenvalue weighted by Crippen LogP contribution is -2.31. The Morgan fingerprint density at radius 3 is 2.62 bits per heavy atom. The lowest BCUT2D eigenvalue weighted by atomic mass is 10.2. The lowest BCUT2D eigenvalue weighted by molar-refractivity contribution is 0.0319. The third-order valence-corrected chi connectivity index (χ3v) is 2.58. The molecule has 0 bridgehead atoms. The lowest BCUT2D eigenvalue weighted by Gasteiger charge is -2.20. The molecule has 1 aliphatic rings. The summed E-state index contributed by atoms with van der Waals surface area (Å²) in [4.78, 5) is 2.34. The standard InChI is InChI=1S/C10H22N2O/c1-3-6-12(2)8-10-5-4-9(7-11)13-10/h9-10H,3-8,11H2,1-2H3. The maximum Gasteiger partial charge on any atom is 0.0707 e. The number of hydrogen-bond donors (Lipinski definition) is 1. The maximum atomic E-state index is 5.76. The van der Waals surface area contributed by atoms with Crippen molar-refractivity contribution < 1.29 is 4.74 Å². The van der Waals surface area contributed by atoms with Crippen LogP contribution in [0.2, 0.25) is 0 Å². The Labute approximate surface area is 81.2 Å². The van der Waals surface area contributed by atoms with Gasteiger partial charge < -0.3 is 15.4 Å². The molecule has 2 N–H and O–H groups in total. The van der Waals surface area contributed by atoms with Gasteiger partial charge in [-0.15, -0.1) is 0 Å². The van der Waals surface area contributed by atoms with Crippen molar-refractivity contribution >= 4 is 0 Å². The fourth-order valence-corrected chi connectivity index (χ4v) is 1.91. The first-order valence-electron chi connectivity index (χ1n) is 5.30. The van der Waals surface area contributed by atoms with Gasteiger partial charge >= 0.3 is 0 Å². The zero-order valence-electron chi connectivity index (χ0n) is 8.83. The molecule has 78 valence electrons. The van der Waals surface area contributed by atoms with E-state index in [0.29, 0.717) is 18.8 Å². The van der Waals surface area contributed by atoms with Crippen LogP contribution in [-0.4, -0.2) is 43.8 Å². The first-order chi connectivity index (χ1) is 6.26.